The lowest BCUT2D eigenvalue weighted by atomic mass is 10.1. The predicted octanol–water partition coefficient (Wildman–Crippen LogP) is 4.40. The maximum absolute atomic E-state index is 12.9. The maximum atomic E-state index is 12.9. The predicted molar refractivity (Wildman–Crippen MR) is 131 cm³/mol. The minimum atomic E-state index is -3.87. The molecule has 3 aromatic rings. The average Bonchev–Trinajstić information content (AvgIpc) is 2.82. The number of nitrogens with one attached hydrogen (secondary N) is 2. The Bertz CT molecular complexity index is 1120. The van der Waals surface area contributed by atoms with Crippen molar-refractivity contribution < 1.29 is 17.9 Å². The number of sulfonamides is 1. The van der Waals surface area contributed by atoms with Crippen molar-refractivity contribution in [1.29, 1.82) is 0 Å². The number of benzene rings is 3. The van der Waals surface area contributed by atoms with Gasteiger partial charge >= 0.3 is 0 Å². The summed E-state index contributed by atoms with van der Waals surface area (Å²) < 4.78 is 33.3. The van der Waals surface area contributed by atoms with Crippen LogP contribution in [0.25, 0.3) is 11.1 Å². The van der Waals surface area contributed by atoms with Gasteiger partial charge in [0.2, 0.25) is 15.9 Å². The number of carbonyl (C=O) groups is 1. The van der Waals surface area contributed by atoms with E-state index in [2.05, 4.69) is 10.0 Å². The van der Waals surface area contributed by atoms with Crippen molar-refractivity contribution in [2.24, 2.45) is 0 Å². The van der Waals surface area contributed by atoms with Gasteiger partial charge in [-0.25, -0.2) is 8.42 Å². The van der Waals surface area contributed by atoms with Crippen molar-refractivity contribution >= 4 is 33.4 Å². The third kappa shape index (κ3) is 6.35. The molecule has 1 atom stereocenters. The number of rotatable bonds is 10. The van der Waals surface area contributed by atoms with Crippen LogP contribution >= 0.6 is 11.8 Å². The summed E-state index contributed by atoms with van der Waals surface area (Å²) >= 11 is 1.55. The van der Waals surface area contributed by atoms with Crippen LogP contribution in [0, 0.1) is 0 Å². The normalized spacial score (nSPS) is 12.2. The molecule has 3 rings (SSSR count). The lowest BCUT2D eigenvalue weighted by Gasteiger charge is -2.18. The molecule has 0 heterocycles. The Labute approximate surface area is 193 Å². The number of ether oxygens (including phenoxy) is 1. The Kier molecular flexibility index (Phi) is 8.33. The molecule has 6 nitrogen and oxygen atoms in total. The van der Waals surface area contributed by atoms with E-state index in [1.165, 1.54) is 19.2 Å². The van der Waals surface area contributed by atoms with E-state index >= 15 is 0 Å². The average molecular weight is 471 g/mol. The molecule has 32 heavy (non-hydrogen) atoms. The van der Waals surface area contributed by atoms with Crippen LogP contribution in [0.2, 0.25) is 0 Å². The molecule has 0 saturated heterocycles. The molecule has 3 aromatic carbocycles. The fourth-order valence-electron chi connectivity index (χ4n) is 3.10. The van der Waals surface area contributed by atoms with Gasteiger partial charge in [0, 0.05) is 5.69 Å². The van der Waals surface area contributed by atoms with E-state index in [0.29, 0.717) is 23.6 Å². The smallest absolute Gasteiger partial charge is 0.242 e. The van der Waals surface area contributed by atoms with E-state index in [1.807, 2.05) is 60.9 Å². The summed E-state index contributed by atoms with van der Waals surface area (Å²) in [6, 6.07) is 22.5. The van der Waals surface area contributed by atoms with E-state index < -0.39 is 22.0 Å². The zero-order valence-electron chi connectivity index (χ0n) is 17.9. The molecule has 0 unspecified atom stereocenters. The molecule has 1 amide bonds. The fourth-order valence-corrected chi connectivity index (χ4v) is 4.80. The highest BCUT2D eigenvalue weighted by atomic mass is 32.2. The zero-order chi connectivity index (χ0) is 23.0. The third-order valence-corrected chi connectivity index (χ3v) is 6.99. The summed E-state index contributed by atoms with van der Waals surface area (Å²) in [7, 11) is -2.36. The molecule has 0 radical (unpaired) electrons. The molecule has 0 saturated carbocycles. The third-order valence-electron chi connectivity index (χ3n) is 4.85. The topological polar surface area (TPSA) is 84.5 Å². The largest absolute Gasteiger partial charge is 0.497 e. The first-order valence-electron chi connectivity index (χ1n) is 10.0. The van der Waals surface area contributed by atoms with Gasteiger partial charge in [-0.05, 0) is 66.0 Å². The van der Waals surface area contributed by atoms with Gasteiger partial charge in [-0.2, -0.15) is 16.5 Å². The van der Waals surface area contributed by atoms with Crippen molar-refractivity contribution in [1.82, 2.24) is 4.72 Å². The van der Waals surface area contributed by atoms with E-state index in [0.717, 1.165) is 11.1 Å². The first-order chi connectivity index (χ1) is 15.4. The lowest BCUT2D eigenvalue weighted by Crippen LogP contribution is -2.44. The molecule has 168 valence electrons. The van der Waals surface area contributed by atoms with Gasteiger partial charge in [-0.3, -0.25) is 4.79 Å². The van der Waals surface area contributed by atoms with Crippen LogP contribution in [0.15, 0.2) is 83.8 Å². The van der Waals surface area contributed by atoms with E-state index in [9.17, 15) is 13.2 Å². The number of hydrogen-bond donors (Lipinski definition) is 2. The van der Waals surface area contributed by atoms with Crippen molar-refractivity contribution in [2.45, 2.75) is 17.4 Å². The Hall–Kier alpha value is -2.81. The number of methoxy groups -OCH3 is 1. The van der Waals surface area contributed by atoms with Crippen molar-refractivity contribution in [3.8, 4) is 16.9 Å². The standard InChI is InChI=1S/C24H26N2O4S2/c1-30-21-12-14-22(15-13-21)32(28,29)26-23(16-17-31-2)24(27)25-20-10-8-19(9-11-20)18-6-4-3-5-7-18/h3-15,23,26H,16-17H2,1-2H3,(H,25,27)/t23-/m0/s1. The second kappa shape index (κ2) is 11.2. The van der Waals surface area contributed by atoms with E-state index in [4.69, 9.17) is 4.74 Å². The summed E-state index contributed by atoms with van der Waals surface area (Å²) in [5.74, 6) is 0.791. The van der Waals surface area contributed by atoms with Gasteiger partial charge < -0.3 is 10.1 Å². The highest BCUT2D eigenvalue weighted by molar-refractivity contribution is 7.98. The molecule has 0 fully saturated rings. The van der Waals surface area contributed by atoms with Crippen LogP contribution in [0.3, 0.4) is 0 Å². The minimum absolute atomic E-state index is 0.0764. The second-order valence-electron chi connectivity index (χ2n) is 7.06. The van der Waals surface area contributed by atoms with E-state index in [1.54, 1.807) is 23.9 Å². The quantitative estimate of drug-likeness (QED) is 0.459. The monoisotopic (exact) mass is 470 g/mol. The highest BCUT2D eigenvalue weighted by Crippen LogP contribution is 2.22. The molecule has 0 spiro atoms. The fraction of sp³-hybridized carbons (Fsp3) is 0.208. The van der Waals surface area contributed by atoms with Crippen molar-refractivity contribution in [3.63, 3.8) is 0 Å². The SMILES string of the molecule is COc1ccc(S(=O)(=O)N[C@@H](CCSC)C(=O)Nc2ccc(-c3ccccc3)cc2)cc1. The van der Waals surface area contributed by atoms with Crippen LogP contribution in [0.1, 0.15) is 6.42 Å². The van der Waals surface area contributed by atoms with Gasteiger partial charge in [0.05, 0.1) is 12.0 Å². The lowest BCUT2D eigenvalue weighted by molar-refractivity contribution is -0.117. The minimum Gasteiger partial charge on any atom is -0.497 e. The zero-order valence-corrected chi connectivity index (χ0v) is 19.6. The number of thioether (sulfide) groups is 1. The first-order valence-corrected chi connectivity index (χ1v) is 12.9. The molecule has 0 aromatic heterocycles. The van der Waals surface area contributed by atoms with Gasteiger partial charge in [-0.1, -0.05) is 42.5 Å². The first kappa shape index (κ1) is 23.8. The van der Waals surface area contributed by atoms with Crippen LogP contribution < -0.4 is 14.8 Å². The Morgan fingerprint density at radius 2 is 1.56 bits per heavy atom. The summed E-state index contributed by atoms with van der Waals surface area (Å²) in [6.07, 6.45) is 2.28. The number of amides is 1. The van der Waals surface area contributed by atoms with Gasteiger partial charge in [0.25, 0.3) is 0 Å². The molecular formula is C24H26N2O4S2. The number of carbonyl (C=O) groups excluding carboxylic acids is 1. The van der Waals surface area contributed by atoms with Gasteiger partial charge in [0.15, 0.2) is 0 Å². The van der Waals surface area contributed by atoms with Crippen LogP contribution in [-0.2, 0) is 14.8 Å². The molecule has 0 aliphatic heterocycles. The molecule has 0 aliphatic carbocycles. The van der Waals surface area contributed by atoms with E-state index in [-0.39, 0.29) is 4.90 Å². The van der Waals surface area contributed by atoms with Crippen molar-refractivity contribution in [2.75, 3.05) is 24.4 Å². The molecule has 0 aliphatic rings. The summed E-state index contributed by atoms with van der Waals surface area (Å²) in [5.41, 5.74) is 2.71. The van der Waals surface area contributed by atoms with Crippen molar-refractivity contribution in [3.05, 3.63) is 78.9 Å². The van der Waals surface area contributed by atoms with Crippen LogP contribution in [0.4, 0.5) is 5.69 Å². The molecule has 8 heteroatoms. The van der Waals surface area contributed by atoms with Crippen LogP contribution in [-0.4, -0.2) is 39.5 Å². The van der Waals surface area contributed by atoms with Gasteiger partial charge in [0.1, 0.15) is 11.8 Å². The highest BCUT2D eigenvalue weighted by Gasteiger charge is 2.25. The summed E-state index contributed by atoms with van der Waals surface area (Å²) in [4.78, 5) is 13.0. The number of hydrogen-bond acceptors (Lipinski definition) is 5. The van der Waals surface area contributed by atoms with Crippen LogP contribution in [0.5, 0.6) is 5.75 Å². The Balaban J connectivity index is 1.72. The maximum Gasteiger partial charge on any atom is 0.242 e. The van der Waals surface area contributed by atoms with Gasteiger partial charge in [-0.15, -0.1) is 0 Å². The summed E-state index contributed by atoms with van der Waals surface area (Å²) in [5, 5.41) is 2.83. The second-order valence-corrected chi connectivity index (χ2v) is 9.76. The number of anilines is 1. The Morgan fingerprint density at radius 1 is 0.938 bits per heavy atom. The Morgan fingerprint density at radius 3 is 2.16 bits per heavy atom. The molecular weight excluding hydrogens is 444 g/mol. The molecule has 0 bridgehead atoms. The summed E-state index contributed by atoms with van der Waals surface area (Å²) in [6.45, 7) is 0. The molecule has 2 N–H and O–H groups in total.